The van der Waals surface area contributed by atoms with Gasteiger partial charge in [0.1, 0.15) is 16.9 Å². The first-order valence-corrected chi connectivity index (χ1v) is 10.6. The van der Waals surface area contributed by atoms with Crippen molar-refractivity contribution in [2.24, 2.45) is 11.3 Å². The van der Waals surface area contributed by atoms with E-state index in [1.54, 1.807) is 13.2 Å². The molecule has 2 unspecified atom stereocenters. The average molecular weight is 411 g/mol. The third-order valence-electron chi connectivity index (χ3n) is 6.11. The first-order chi connectivity index (χ1) is 14.2. The van der Waals surface area contributed by atoms with Gasteiger partial charge in [-0.3, -0.25) is 0 Å². The lowest BCUT2D eigenvalue weighted by molar-refractivity contribution is 0.00412. The summed E-state index contributed by atoms with van der Waals surface area (Å²) >= 11 is 0. The lowest BCUT2D eigenvalue weighted by atomic mass is 9.77. The van der Waals surface area contributed by atoms with Gasteiger partial charge in [-0.25, -0.2) is 9.78 Å². The van der Waals surface area contributed by atoms with E-state index in [0.29, 0.717) is 30.3 Å². The van der Waals surface area contributed by atoms with E-state index in [9.17, 15) is 10.1 Å². The molecule has 7 nitrogen and oxygen atoms in total. The number of rotatable bonds is 4. The van der Waals surface area contributed by atoms with Gasteiger partial charge >= 0.3 is 6.09 Å². The number of nitrogens with zero attached hydrogens (tertiary/aromatic N) is 4. The molecule has 1 amide bonds. The summed E-state index contributed by atoms with van der Waals surface area (Å²) in [5, 5.41) is 9.35. The fourth-order valence-corrected chi connectivity index (χ4v) is 5.00. The summed E-state index contributed by atoms with van der Waals surface area (Å²) in [6, 6.07) is 5.78. The molecular formula is C23H30N4O3. The highest BCUT2D eigenvalue weighted by Crippen LogP contribution is 2.41. The maximum Gasteiger partial charge on any atom is 0.410 e. The van der Waals surface area contributed by atoms with Crippen molar-refractivity contribution in [3.8, 4) is 11.8 Å². The smallest absolute Gasteiger partial charge is 0.410 e. The van der Waals surface area contributed by atoms with E-state index in [2.05, 4.69) is 36.4 Å². The molecule has 1 saturated carbocycles. The first-order valence-electron chi connectivity index (χ1n) is 10.6. The lowest BCUT2D eigenvalue weighted by Gasteiger charge is -2.36. The van der Waals surface area contributed by atoms with Gasteiger partial charge in [0.2, 0.25) is 0 Å². The average Bonchev–Trinajstić information content (AvgIpc) is 3.20. The molecule has 0 N–H and O–H groups in total. The van der Waals surface area contributed by atoms with Crippen molar-refractivity contribution in [2.45, 2.75) is 58.6 Å². The van der Waals surface area contributed by atoms with Crippen LogP contribution in [0.5, 0.6) is 5.75 Å². The van der Waals surface area contributed by atoms with E-state index in [1.807, 2.05) is 17.3 Å². The summed E-state index contributed by atoms with van der Waals surface area (Å²) in [5.41, 5.74) is 1.90. The molecule has 0 radical (unpaired) electrons. The van der Waals surface area contributed by atoms with Crippen LogP contribution in [0.1, 0.15) is 52.0 Å². The van der Waals surface area contributed by atoms with Crippen molar-refractivity contribution in [3.63, 3.8) is 0 Å². The Hall–Kier alpha value is -2.75. The third-order valence-corrected chi connectivity index (χ3v) is 6.11. The highest BCUT2D eigenvalue weighted by atomic mass is 16.6. The van der Waals surface area contributed by atoms with Crippen molar-refractivity contribution in [1.29, 1.82) is 5.26 Å². The molecule has 0 bridgehead atoms. The fourth-order valence-electron chi connectivity index (χ4n) is 5.00. The Balaban J connectivity index is 1.53. The van der Waals surface area contributed by atoms with Crippen molar-refractivity contribution in [2.75, 3.05) is 20.2 Å². The van der Waals surface area contributed by atoms with Crippen LogP contribution in [0.15, 0.2) is 18.5 Å². The summed E-state index contributed by atoms with van der Waals surface area (Å²) in [6.07, 6.45) is 5.55. The van der Waals surface area contributed by atoms with Gasteiger partial charge in [-0.2, -0.15) is 5.26 Å². The molecule has 1 aliphatic heterocycles. The predicted molar refractivity (Wildman–Crippen MR) is 113 cm³/mol. The van der Waals surface area contributed by atoms with E-state index in [0.717, 1.165) is 43.3 Å². The van der Waals surface area contributed by atoms with E-state index >= 15 is 0 Å². The second kappa shape index (κ2) is 7.50. The van der Waals surface area contributed by atoms with Crippen LogP contribution in [0, 0.1) is 22.7 Å². The van der Waals surface area contributed by atoms with Gasteiger partial charge in [-0.15, -0.1) is 0 Å². The second-order valence-corrected chi connectivity index (χ2v) is 9.99. The molecule has 1 spiro atoms. The normalized spacial score (nSPS) is 24.3. The molecule has 2 aliphatic rings. The van der Waals surface area contributed by atoms with Gasteiger partial charge in [0.05, 0.1) is 37.1 Å². The van der Waals surface area contributed by atoms with Crippen molar-refractivity contribution < 1.29 is 14.3 Å². The minimum atomic E-state index is -0.378. The number of hydrogen-bond acceptors (Lipinski definition) is 5. The molecule has 1 aliphatic carbocycles. The van der Waals surface area contributed by atoms with Crippen LogP contribution in [-0.4, -0.2) is 46.3 Å². The van der Waals surface area contributed by atoms with Crippen molar-refractivity contribution in [1.82, 2.24) is 14.5 Å². The number of carbonyl (C=O) groups excluding carboxylic acids is 1. The number of carbonyl (C=O) groups is 1. The van der Waals surface area contributed by atoms with Crippen LogP contribution in [0.2, 0.25) is 0 Å². The van der Waals surface area contributed by atoms with E-state index in [4.69, 9.17) is 9.47 Å². The van der Waals surface area contributed by atoms with Gasteiger partial charge in [-0.05, 0) is 43.1 Å². The van der Waals surface area contributed by atoms with Crippen LogP contribution in [0.4, 0.5) is 4.79 Å². The topological polar surface area (TPSA) is 80.4 Å². The Morgan fingerprint density at radius 2 is 2.20 bits per heavy atom. The molecular weight excluding hydrogens is 380 g/mol. The van der Waals surface area contributed by atoms with E-state index in [1.165, 1.54) is 0 Å². The summed E-state index contributed by atoms with van der Waals surface area (Å²) in [4.78, 5) is 18.9. The number of methoxy groups -OCH3 is 1. The number of nitriles is 1. The van der Waals surface area contributed by atoms with Crippen molar-refractivity contribution in [3.05, 3.63) is 24.0 Å². The van der Waals surface area contributed by atoms with Crippen LogP contribution in [-0.2, 0) is 11.3 Å². The molecule has 160 valence electrons. The molecule has 30 heavy (non-hydrogen) atoms. The largest absolute Gasteiger partial charge is 0.494 e. The first kappa shape index (κ1) is 20.5. The molecule has 1 saturated heterocycles. The predicted octanol–water partition coefficient (Wildman–Crippen LogP) is 4.34. The molecule has 2 heterocycles. The van der Waals surface area contributed by atoms with Gasteiger partial charge in [0, 0.05) is 19.2 Å². The SMILES string of the molecule is COc1cc(C#N)cc2c1ncn2CC1CCCC2(C1)CN(CC(C)(C)C)C(=O)O2. The summed E-state index contributed by atoms with van der Waals surface area (Å²) < 4.78 is 13.5. The van der Waals surface area contributed by atoms with Crippen LogP contribution >= 0.6 is 0 Å². The van der Waals surface area contributed by atoms with E-state index in [-0.39, 0.29) is 17.1 Å². The number of fused-ring (bicyclic) bond motifs is 1. The van der Waals surface area contributed by atoms with Crippen LogP contribution in [0.3, 0.4) is 0 Å². The highest BCUT2D eigenvalue weighted by Gasteiger charge is 2.48. The Bertz CT molecular complexity index is 1000. The summed E-state index contributed by atoms with van der Waals surface area (Å²) in [5.74, 6) is 1.00. The molecule has 2 fully saturated rings. The lowest BCUT2D eigenvalue weighted by Crippen LogP contribution is -2.41. The number of aromatic nitrogens is 2. The number of ether oxygens (including phenoxy) is 2. The van der Waals surface area contributed by atoms with Crippen LogP contribution in [0.25, 0.3) is 11.0 Å². The van der Waals surface area contributed by atoms with Crippen molar-refractivity contribution >= 4 is 17.1 Å². The molecule has 1 aromatic heterocycles. The van der Waals surface area contributed by atoms with Crippen LogP contribution < -0.4 is 4.74 Å². The third kappa shape index (κ3) is 3.96. The van der Waals surface area contributed by atoms with E-state index < -0.39 is 0 Å². The maximum absolute atomic E-state index is 12.5. The molecule has 1 aromatic carbocycles. The number of hydrogen-bond donors (Lipinski definition) is 0. The molecule has 7 heteroatoms. The summed E-state index contributed by atoms with van der Waals surface area (Å²) in [7, 11) is 1.59. The monoisotopic (exact) mass is 410 g/mol. The maximum atomic E-state index is 12.5. The Kier molecular flexibility index (Phi) is 5.13. The molecule has 2 atom stereocenters. The zero-order valence-corrected chi connectivity index (χ0v) is 18.3. The number of imidazole rings is 1. The zero-order valence-electron chi connectivity index (χ0n) is 18.3. The minimum absolute atomic E-state index is 0.0475. The highest BCUT2D eigenvalue weighted by molar-refractivity contribution is 5.83. The second-order valence-electron chi connectivity index (χ2n) is 9.99. The van der Waals surface area contributed by atoms with Gasteiger partial charge in [-0.1, -0.05) is 20.8 Å². The van der Waals surface area contributed by atoms with Gasteiger partial charge in [0.15, 0.2) is 0 Å². The van der Waals surface area contributed by atoms with Gasteiger partial charge in [0.25, 0.3) is 0 Å². The Morgan fingerprint density at radius 3 is 2.90 bits per heavy atom. The number of amides is 1. The molecule has 4 rings (SSSR count). The fraction of sp³-hybridized carbons (Fsp3) is 0.609. The quantitative estimate of drug-likeness (QED) is 0.749. The Morgan fingerprint density at radius 1 is 1.40 bits per heavy atom. The Labute approximate surface area is 177 Å². The molecule has 2 aromatic rings. The zero-order chi connectivity index (χ0) is 21.5. The summed E-state index contributed by atoms with van der Waals surface area (Å²) in [6.45, 7) is 8.60. The van der Waals surface area contributed by atoms with Gasteiger partial charge < -0.3 is 18.9 Å². The number of benzene rings is 1. The standard InChI is InChI=1S/C23H30N4O3/c1-22(2,3)13-27-14-23(30-21(27)28)7-5-6-16(10-23)12-26-15-25-20-18(26)8-17(11-24)9-19(20)29-4/h8-9,15-16H,5-7,10,12-14H2,1-4H3. The minimum Gasteiger partial charge on any atom is -0.494 e.